The van der Waals surface area contributed by atoms with Crippen molar-refractivity contribution in [1.82, 2.24) is 4.31 Å². The van der Waals surface area contributed by atoms with Gasteiger partial charge in [0.15, 0.2) is 0 Å². The minimum atomic E-state index is -3.71. The quantitative estimate of drug-likeness (QED) is 0.770. The van der Waals surface area contributed by atoms with Crippen LogP contribution in [0.5, 0.6) is 0 Å². The number of ether oxygens (including phenoxy) is 1. The van der Waals surface area contributed by atoms with Crippen molar-refractivity contribution in [2.24, 2.45) is 0 Å². The predicted octanol–water partition coefficient (Wildman–Crippen LogP) is 1.16. The van der Waals surface area contributed by atoms with Crippen molar-refractivity contribution in [2.75, 3.05) is 31.6 Å². The molecule has 0 unspecified atom stereocenters. The number of carbonyl (C=O) groups excluding carboxylic acids is 1. The van der Waals surface area contributed by atoms with Crippen molar-refractivity contribution in [3.8, 4) is 0 Å². The average Bonchev–Trinajstić information content (AvgIpc) is 2.55. The molecule has 132 valence electrons. The van der Waals surface area contributed by atoms with Crippen molar-refractivity contribution in [1.29, 1.82) is 0 Å². The fourth-order valence-corrected chi connectivity index (χ4v) is 3.73. The van der Waals surface area contributed by atoms with E-state index in [1.807, 2.05) is 0 Å². The molecule has 8 nitrogen and oxygen atoms in total. The van der Waals surface area contributed by atoms with Gasteiger partial charge < -0.3 is 15.2 Å². The highest BCUT2D eigenvalue weighted by molar-refractivity contribution is 7.89. The predicted molar refractivity (Wildman–Crippen MR) is 86.5 cm³/mol. The van der Waals surface area contributed by atoms with Crippen LogP contribution in [-0.4, -0.2) is 56.0 Å². The molecule has 1 aromatic rings. The largest absolute Gasteiger partial charge is 0.481 e. The monoisotopic (exact) mass is 376 g/mol. The minimum absolute atomic E-state index is 0.00216. The summed E-state index contributed by atoms with van der Waals surface area (Å²) in [5, 5.41) is 11.2. The lowest BCUT2D eigenvalue weighted by atomic mass is 10.2. The van der Waals surface area contributed by atoms with Gasteiger partial charge in [-0.05, 0) is 18.2 Å². The normalized spacial score (nSPS) is 15.9. The molecule has 0 aliphatic carbocycles. The molecule has 0 bridgehead atoms. The maximum atomic E-state index is 12.6. The van der Waals surface area contributed by atoms with Crippen LogP contribution in [0.1, 0.15) is 12.8 Å². The van der Waals surface area contributed by atoms with E-state index in [2.05, 4.69) is 5.32 Å². The summed E-state index contributed by atoms with van der Waals surface area (Å²) in [5.41, 5.74) is 0.126. The van der Waals surface area contributed by atoms with E-state index in [4.69, 9.17) is 21.4 Å². The van der Waals surface area contributed by atoms with Crippen LogP contribution in [-0.2, 0) is 24.3 Å². The Morgan fingerprint density at radius 2 is 1.92 bits per heavy atom. The van der Waals surface area contributed by atoms with E-state index in [1.165, 1.54) is 22.5 Å². The number of anilines is 1. The van der Waals surface area contributed by atoms with Crippen LogP contribution in [0.15, 0.2) is 23.1 Å². The third-order valence-electron chi connectivity index (χ3n) is 3.39. The summed E-state index contributed by atoms with van der Waals surface area (Å²) in [6.45, 7) is 1.16. The number of carboxylic acids is 1. The van der Waals surface area contributed by atoms with Crippen LogP contribution < -0.4 is 5.32 Å². The zero-order valence-electron chi connectivity index (χ0n) is 12.7. The summed E-state index contributed by atoms with van der Waals surface area (Å²) < 4.78 is 31.6. The summed E-state index contributed by atoms with van der Waals surface area (Å²) in [6.07, 6.45) is -0.554. The summed E-state index contributed by atoms with van der Waals surface area (Å²) in [5.74, 6) is -1.65. The van der Waals surface area contributed by atoms with Gasteiger partial charge in [-0.3, -0.25) is 9.59 Å². The van der Waals surface area contributed by atoms with Crippen LogP contribution in [0.4, 0.5) is 5.69 Å². The van der Waals surface area contributed by atoms with Crippen LogP contribution in [0.2, 0.25) is 5.02 Å². The second-order valence-electron chi connectivity index (χ2n) is 5.10. The Labute approximate surface area is 144 Å². The summed E-state index contributed by atoms with van der Waals surface area (Å²) in [6, 6.07) is 4.01. The number of sulfonamides is 1. The van der Waals surface area contributed by atoms with Gasteiger partial charge in [-0.2, -0.15) is 4.31 Å². The van der Waals surface area contributed by atoms with Crippen LogP contribution in [0.3, 0.4) is 0 Å². The molecule has 1 heterocycles. The number of nitrogens with zero attached hydrogens (tertiary/aromatic N) is 1. The molecule has 0 spiro atoms. The maximum absolute atomic E-state index is 12.6. The van der Waals surface area contributed by atoms with Crippen LogP contribution >= 0.6 is 11.6 Å². The van der Waals surface area contributed by atoms with E-state index in [-0.39, 0.29) is 41.5 Å². The maximum Gasteiger partial charge on any atom is 0.303 e. The van der Waals surface area contributed by atoms with Gasteiger partial charge in [0, 0.05) is 19.5 Å². The van der Waals surface area contributed by atoms with Gasteiger partial charge in [-0.1, -0.05) is 11.6 Å². The number of carboxylic acid groups (broad SMARTS) is 1. The average molecular weight is 377 g/mol. The molecular formula is C14H17ClN2O6S. The number of carbonyl (C=O) groups is 2. The van der Waals surface area contributed by atoms with Crippen molar-refractivity contribution in [3.63, 3.8) is 0 Å². The SMILES string of the molecule is O=C(O)CCC(=O)Nc1cc(S(=O)(=O)N2CCOCC2)ccc1Cl. The zero-order valence-corrected chi connectivity index (χ0v) is 14.3. The third-order valence-corrected chi connectivity index (χ3v) is 5.61. The first-order valence-corrected chi connectivity index (χ1v) is 9.01. The van der Waals surface area contributed by atoms with E-state index in [0.717, 1.165) is 0 Å². The molecule has 1 aliphatic rings. The Morgan fingerprint density at radius 1 is 1.25 bits per heavy atom. The molecule has 2 rings (SSSR count). The molecule has 2 N–H and O–H groups in total. The molecule has 1 aromatic carbocycles. The van der Waals surface area contributed by atoms with Crippen molar-refractivity contribution >= 4 is 39.2 Å². The highest BCUT2D eigenvalue weighted by atomic mass is 35.5. The van der Waals surface area contributed by atoms with Crippen molar-refractivity contribution in [3.05, 3.63) is 23.2 Å². The molecule has 1 fully saturated rings. The zero-order chi connectivity index (χ0) is 17.7. The van der Waals surface area contributed by atoms with Crippen LogP contribution in [0, 0.1) is 0 Å². The highest BCUT2D eigenvalue weighted by Crippen LogP contribution is 2.27. The number of aliphatic carboxylic acids is 1. The fourth-order valence-electron chi connectivity index (χ4n) is 2.13. The number of hydrogen-bond acceptors (Lipinski definition) is 5. The van der Waals surface area contributed by atoms with Crippen molar-refractivity contribution in [2.45, 2.75) is 17.7 Å². The Hall–Kier alpha value is -1.68. The number of nitrogens with one attached hydrogen (secondary N) is 1. The number of morpholine rings is 1. The molecule has 0 aromatic heterocycles. The lowest BCUT2D eigenvalue weighted by Crippen LogP contribution is -2.40. The Kier molecular flexibility index (Phi) is 6.16. The van der Waals surface area contributed by atoms with Gasteiger partial charge in [0.05, 0.1) is 35.2 Å². The third kappa shape index (κ3) is 4.67. The second kappa shape index (κ2) is 7.93. The number of hydrogen-bond donors (Lipinski definition) is 2. The lowest BCUT2D eigenvalue weighted by molar-refractivity contribution is -0.138. The molecule has 1 aliphatic heterocycles. The summed E-state index contributed by atoms with van der Waals surface area (Å²) in [4.78, 5) is 22.2. The lowest BCUT2D eigenvalue weighted by Gasteiger charge is -2.26. The standard InChI is InChI=1S/C14H17ClN2O6S/c15-11-2-1-10(24(21,22)17-5-7-23-8-6-17)9-12(11)16-13(18)3-4-14(19)20/h1-2,9H,3-8H2,(H,16,18)(H,19,20). The number of benzene rings is 1. The number of halogens is 1. The van der Waals surface area contributed by atoms with E-state index in [9.17, 15) is 18.0 Å². The van der Waals surface area contributed by atoms with Gasteiger partial charge >= 0.3 is 5.97 Å². The fraction of sp³-hybridized carbons (Fsp3) is 0.429. The Balaban J connectivity index is 2.18. The minimum Gasteiger partial charge on any atom is -0.481 e. The van der Waals surface area contributed by atoms with Gasteiger partial charge in [0.1, 0.15) is 0 Å². The molecule has 10 heteroatoms. The summed E-state index contributed by atoms with van der Waals surface area (Å²) >= 11 is 5.98. The highest BCUT2D eigenvalue weighted by Gasteiger charge is 2.27. The molecule has 1 saturated heterocycles. The van der Waals surface area contributed by atoms with Gasteiger partial charge in [-0.15, -0.1) is 0 Å². The first-order valence-electron chi connectivity index (χ1n) is 7.20. The molecule has 0 radical (unpaired) electrons. The van der Waals surface area contributed by atoms with Gasteiger partial charge in [0.2, 0.25) is 15.9 Å². The van der Waals surface area contributed by atoms with Gasteiger partial charge in [0.25, 0.3) is 0 Å². The Bertz CT molecular complexity index is 731. The second-order valence-corrected chi connectivity index (χ2v) is 7.45. The molecule has 0 atom stereocenters. The van der Waals surface area contributed by atoms with E-state index in [0.29, 0.717) is 13.2 Å². The van der Waals surface area contributed by atoms with E-state index >= 15 is 0 Å². The number of rotatable bonds is 6. The smallest absolute Gasteiger partial charge is 0.303 e. The Morgan fingerprint density at radius 3 is 2.54 bits per heavy atom. The first kappa shape index (κ1) is 18.7. The molecule has 1 amide bonds. The summed E-state index contributed by atoms with van der Waals surface area (Å²) in [7, 11) is -3.71. The van der Waals surface area contributed by atoms with E-state index in [1.54, 1.807) is 0 Å². The van der Waals surface area contributed by atoms with Crippen molar-refractivity contribution < 1.29 is 27.9 Å². The van der Waals surface area contributed by atoms with E-state index < -0.39 is 21.9 Å². The van der Waals surface area contributed by atoms with Gasteiger partial charge in [-0.25, -0.2) is 8.42 Å². The first-order chi connectivity index (χ1) is 11.3. The molecule has 0 saturated carbocycles. The molecule has 24 heavy (non-hydrogen) atoms. The topological polar surface area (TPSA) is 113 Å². The van der Waals surface area contributed by atoms with Crippen LogP contribution in [0.25, 0.3) is 0 Å². The number of amides is 1. The molecular weight excluding hydrogens is 360 g/mol.